The van der Waals surface area contributed by atoms with Gasteiger partial charge in [-0.25, -0.2) is 12.8 Å². The molecule has 1 saturated heterocycles. The summed E-state index contributed by atoms with van der Waals surface area (Å²) in [4.78, 5) is 12.0. The number of hydrogen-bond donors (Lipinski definition) is 1. The lowest BCUT2D eigenvalue weighted by Crippen LogP contribution is -2.29. The van der Waals surface area contributed by atoms with E-state index >= 15 is 0 Å². The van der Waals surface area contributed by atoms with Crippen LogP contribution in [-0.2, 0) is 27.9 Å². The van der Waals surface area contributed by atoms with Gasteiger partial charge in [0.1, 0.15) is 10.7 Å². The lowest BCUT2D eigenvalue weighted by Gasteiger charge is -2.16. The summed E-state index contributed by atoms with van der Waals surface area (Å²) in [6.45, 7) is 1.48. The van der Waals surface area contributed by atoms with Gasteiger partial charge in [0, 0.05) is 32.3 Å². The van der Waals surface area contributed by atoms with Gasteiger partial charge >= 0.3 is 0 Å². The van der Waals surface area contributed by atoms with Crippen molar-refractivity contribution in [1.82, 2.24) is 9.62 Å². The van der Waals surface area contributed by atoms with Crippen molar-refractivity contribution >= 4 is 15.9 Å². The number of amides is 1. The number of nitrogens with zero attached hydrogens (tertiary/aromatic N) is 1. The van der Waals surface area contributed by atoms with Crippen LogP contribution >= 0.6 is 0 Å². The van der Waals surface area contributed by atoms with Crippen LogP contribution in [0.2, 0.25) is 0 Å². The fourth-order valence-electron chi connectivity index (χ4n) is 3.19. The standard InChI is InChI=1S/C20H23FN2O4S/c1-27-14-16-6-4-5-15(11-16)13-22-20(24)17-7-8-18(21)19(12-17)28(25,26)23-9-2-3-10-23/h4-8,11-12H,2-3,9-10,13-14H2,1H3,(H,22,24). The van der Waals surface area contributed by atoms with E-state index in [1.54, 1.807) is 7.11 Å². The number of methoxy groups -OCH3 is 1. The maximum atomic E-state index is 14.2. The van der Waals surface area contributed by atoms with E-state index in [0.29, 0.717) is 19.7 Å². The molecule has 1 aliphatic rings. The van der Waals surface area contributed by atoms with Crippen LogP contribution in [0.25, 0.3) is 0 Å². The molecule has 2 aromatic carbocycles. The van der Waals surface area contributed by atoms with E-state index in [-0.39, 0.29) is 12.1 Å². The number of halogens is 1. The van der Waals surface area contributed by atoms with Crippen LogP contribution in [0, 0.1) is 5.82 Å². The Balaban J connectivity index is 1.75. The summed E-state index contributed by atoms with van der Waals surface area (Å²) in [5.74, 6) is -1.31. The number of hydrogen-bond acceptors (Lipinski definition) is 4. The van der Waals surface area contributed by atoms with Gasteiger partial charge in [0.15, 0.2) is 0 Å². The molecule has 150 valence electrons. The van der Waals surface area contributed by atoms with E-state index in [4.69, 9.17) is 4.74 Å². The number of nitrogens with one attached hydrogen (secondary N) is 1. The zero-order valence-corrected chi connectivity index (χ0v) is 16.5. The minimum absolute atomic E-state index is 0.104. The number of rotatable bonds is 7. The number of ether oxygens (including phenoxy) is 1. The molecule has 1 N–H and O–H groups in total. The van der Waals surface area contributed by atoms with Gasteiger partial charge in [-0.2, -0.15) is 4.31 Å². The molecule has 0 atom stereocenters. The fraction of sp³-hybridized carbons (Fsp3) is 0.350. The minimum atomic E-state index is -3.94. The zero-order valence-electron chi connectivity index (χ0n) is 15.7. The quantitative estimate of drug-likeness (QED) is 0.767. The molecule has 1 heterocycles. The van der Waals surface area contributed by atoms with E-state index in [1.165, 1.54) is 10.4 Å². The summed E-state index contributed by atoms with van der Waals surface area (Å²) in [6.07, 6.45) is 1.51. The lowest BCUT2D eigenvalue weighted by molar-refractivity contribution is 0.0950. The van der Waals surface area contributed by atoms with Crippen LogP contribution in [0.15, 0.2) is 47.4 Å². The molecule has 0 aromatic heterocycles. The topological polar surface area (TPSA) is 75.7 Å². The summed E-state index contributed by atoms with van der Waals surface area (Å²) < 4.78 is 45.9. The molecular weight excluding hydrogens is 383 g/mol. The van der Waals surface area contributed by atoms with E-state index < -0.39 is 26.6 Å². The van der Waals surface area contributed by atoms with Crippen LogP contribution in [0.1, 0.15) is 34.3 Å². The molecule has 0 unspecified atom stereocenters. The molecule has 28 heavy (non-hydrogen) atoms. The molecule has 8 heteroatoms. The van der Waals surface area contributed by atoms with Gasteiger partial charge in [-0.15, -0.1) is 0 Å². The number of sulfonamides is 1. The van der Waals surface area contributed by atoms with Gasteiger partial charge < -0.3 is 10.1 Å². The smallest absolute Gasteiger partial charge is 0.251 e. The molecule has 1 amide bonds. The Bertz CT molecular complexity index is 956. The molecule has 0 bridgehead atoms. The average Bonchev–Trinajstić information content (AvgIpc) is 3.23. The number of carbonyl (C=O) groups excluding carboxylic acids is 1. The van der Waals surface area contributed by atoms with Crippen LogP contribution in [0.4, 0.5) is 4.39 Å². The van der Waals surface area contributed by atoms with Crippen molar-refractivity contribution in [3.8, 4) is 0 Å². The Labute approximate surface area is 164 Å². The van der Waals surface area contributed by atoms with Gasteiger partial charge in [0.2, 0.25) is 10.0 Å². The minimum Gasteiger partial charge on any atom is -0.380 e. The van der Waals surface area contributed by atoms with Crippen molar-refractivity contribution in [1.29, 1.82) is 0 Å². The first-order valence-electron chi connectivity index (χ1n) is 9.06. The molecule has 0 radical (unpaired) electrons. The normalized spacial score (nSPS) is 14.9. The Morgan fingerprint density at radius 2 is 1.86 bits per heavy atom. The molecule has 3 rings (SSSR count). The summed E-state index contributed by atoms with van der Waals surface area (Å²) in [5, 5.41) is 2.74. The van der Waals surface area contributed by atoms with Crippen LogP contribution < -0.4 is 5.32 Å². The average molecular weight is 406 g/mol. The van der Waals surface area contributed by atoms with Crippen molar-refractivity contribution in [2.75, 3.05) is 20.2 Å². The number of benzene rings is 2. The molecule has 0 saturated carbocycles. The monoisotopic (exact) mass is 406 g/mol. The molecule has 2 aromatic rings. The second kappa shape index (κ2) is 8.81. The van der Waals surface area contributed by atoms with E-state index in [9.17, 15) is 17.6 Å². The Hall–Kier alpha value is -2.29. The van der Waals surface area contributed by atoms with Crippen molar-refractivity contribution < 1.29 is 22.3 Å². The van der Waals surface area contributed by atoms with Gasteiger partial charge in [-0.1, -0.05) is 24.3 Å². The predicted molar refractivity (Wildman–Crippen MR) is 103 cm³/mol. The summed E-state index contributed by atoms with van der Waals surface area (Å²) in [7, 11) is -2.33. The maximum absolute atomic E-state index is 14.2. The Kier molecular flexibility index (Phi) is 6.43. The summed E-state index contributed by atoms with van der Waals surface area (Å²) >= 11 is 0. The predicted octanol–water partition coefficient (Wildman–Crippen LogP) is 2.69. The van der Waals surface area contributed by atoms with E-state index in [1.807, 2.05) is 24.3 Å². The first-order valence-corrected chi connectivity index (χ1v) is 10.5. The highest BCUT2D eigenvalue weighted by Crippen LogP contribution is 2.24. The largest absolute Gasteiger partial charge is 0.380 e. The van der Waals surface area contributed by atoms with Crippen LogP contribution in [0.3, 0.4) is 0 Å². The van der Waals surface area contributed by atoms with Crippen molar-refractivity contribution in [3.63, 3.8) is 0 Å². The maximum Gasteiger partial charge on any atom is 0.251 e. The van der Waals surface area contributed by atoms with Crippen LogP contribution in [-0.4, -0.2) is 38.8 Å². The molecule has 0 spiro atoms. The molecular formula is C20H23FN2O4S. The van der Waals surface area contributed by atoms with E-state index in [0.717, 1.165) is 36.1 Å². The third-order valence-corrected chi connectivity index (χ3v) is 6.55. The highest BCUT2D eigenvalue weighted by molar-refractivity contribution is 7.89. The Morgan fingerprint density at radius 1 is 1.14 bits per heavy atom. The molecule has 0 aliphatic carbocycles. The highest BCUT2D eigenvalue weighted by atomic mass is 32.2. The Morgan fingerprint density at radius 3 is 2.57 bits per heavy atom. The van der Waals surface area contributed by atoms with Crippen molar-refractivity contribution in [2.24, 2.45) is 0 Å². The summed E-state index contributed by atoms with van der Waals surface area (Å²) in [5.41, 5.74) is 1.97. The first-order chi connectivity index (χ1) is 13.4. The van der Waals surface area contributed by atoms with Crippen molar-refractivity contribution in [2.45, 2.75) is 30.9 Å². The molecule has 1 fully saturated rings. The third-order valence-electron chi connectivity index (χ3n) is 4.63. The zero-order chi connectivity index (χ0) is 20.1. The van der Waals surface area contributed by atoms with Gasteiger partial charge in [0.25, 0.3) is 5.91 Å². The summed E-state index contributed by atoms with van der Waals surface area (Å²) in [6, 6.07) is 11.0. The SMILES string of the molecule is COCc1cccc(CNC(=O)c2ccc(F)c(S(=O)(=O)N3CCCC3)c2)c1. The van der Waals surface area contributed by atoms with E-state index in [2.05, 4.69) is 5.32 Å². The first kappa shape index (κ1) is 20.4. The number of carbonyl (C=O) groups is 1. The second-order valence-electron chi connectivity index (χ2n) is 6.69. The van der Waals surface area contributed by atoms with Gasteiger partial charge in [0.05, 0.1) is 6.61 Å². The van der Waals surface area contributed by atoms with Gasteiger partial charge in [-0.3, -0.25) is 4.79 Å². The second-order valence-corrected chi connectivity index (χ2v) is 8.60. The molecule has 1 aliphatic heterocycles. The molecule has 6 nitrogen and oxygen atoms in total. The lowest BCUT2D eigenvalue weighted by atomic mass is 10.1. The fourth-order valence-corrected chi connectivity index (χ4v) is 4.80. The van der Waals surface area contributed by atoms with Crippen molar-refractivity contribution in [3.05, 3.63) is 65.0 Å². The van der Waals surface area contributed by atoms with Crippen LogP contribution in [0.5, 0.6) is 0 Å². The third kappa shape index (κ3) is 4.57. The highest BCUT2D eigenvalue weighted by Gasteiger charge is 2.30. The van der Waals surface area contributed by atoms with Gasteiger partial charge in [-0.05, 0) is 42.2 Å².